The van der Waals surface area contributed by atoms with Crippen molar-refractivity contribution in [3.05, 3.63) is 53.1 Å². The molecule has 4 nitrogen and oxygen atoms in total. The van der Waals surface area contributed by atoms with Crippen LogP contribution in [0.25, 0.3) is 0 Å². The summed E-state index contributed by atoms with van der Waals surface area (Å²) in [5, 5.41) is 3.24. The lowest BCUT2D eigenvalue weighted by Gasteiger charge is -2.10. The fraction of sp³-hybridized carbons (Fsp3) is 0.235. The second-order valence-corrected chi connectivity index (χ2v) is 5.91. The molecule has 0 aromatic heterocycles. The van der Waals surface area contributed by atoms with E-state index in [2.05, 4.69) is 5.32 Å². The minimum Gasteiger partial charge on any atom is -0.497 e. The van der Waals surface area contributed by atoms with Gasteiger partial charge in [0.2, 0.25) is 0 Å². The standard InChI is InChI=1S/C17H18ClNO3S/c1-21-12-3-5-13(6-4-12)22-10-9-19-17(20)15-11-14(23-2)7-8-16(15)18/h3-8,11H,9-10H2,1-2H3,(H,19,20). The molecule has 2 aromatic carbocycles. The van der Waals surface area contributed by atoms with Crippen molar-refractivity contribution < 1.29 is 14.3 Å². The van der Waals surface area contributed by atoms with E-state index in [1.807, 2.05) is 36.6 Å². The molecule has 0 heterocycles. The van der Waals surface area contributed by atoms with Gasteiger partial charge in [-0.1, -0.05) is 11.6 Å². The first-order valence-electron chi connectivity index (χ1n) is 7.02. The van der Waals surface area contributed by atoms with E-state index in [0.29, 0.717) is 23.7 Å². The number of hydrogen-bond donors (Lipinski definition) is 1. The van der Waals surface area contributed by atoms with E-state index in [4.69, 9.17) is 21.1 Å². The fourth-order valence-electron chi connectivity index (χ4n) is 1.91. The molecule has 0 bridgehead atoms. The molecule has 6 heteroatoms. The summed E-state index contributed by atoms with van der Waals surface area (Å²) in [6.07, 6.45) is 1.95. The molecule has 1 N–H and O–H groups in total. The van der Waals surface area contributed by atoms with E-state index < -0.39 is 0 Å². The summed E-state index contributed by atoms with van der Waals surface area (Å²) in [4.78, 5) is 13.1. The van der Waals surface area contributed by atoms with Crippen LogP contribution in [0.2, 0.25) is 5.02 Å². The van der Waals surface area contributed by atoms with Crippen LogP contribution in [0.15, 0.2) is 47.4 Å². The average molecular weight is 352 g/mol. The first kappa shape index (κ1) is 17.5. The SMILES string of the molecule is COc1ccc(OCCNC(=O)c2cc(SC)ccc2Cl)cc1. The molecule has 0 unspecified atom stereocenters. The van der Waals surface area contributed by atoms with E-state index >= 15 is 0 Å². The zero-order valence-corrected chi connectivity index (χ0v) is 14.5. The van der Waals surface area contributed by atoms with Gasteiger partial charge in [-0.05, 0) is 48.7 Å². The van der Waals surface area contributed by atoms with Gasteiger partial charge in [-0.2, -0.15) is 0 Å². The Hall–Kier alpha value is -1.85. The Kier molecular flexibility index (Phi) is 6.62. The van der Waals surface area contributed by atoms with E-state index in [9.17, 15) is 4.79 Å². The molecule has 2 rings (SSSR count). The average Bonchev–Trinajstić information content (AvgIpc) is 2.59. The maximum atomic E-state index is 12.2. The Morgan fingerprint density at radius 2 is 1.87 bits per heavy atom. The second kappa shape index (κ2) is 8.70. The van der Waals surface area contributed by atoms with Crippen LogP contribution in [0.3, 0.4) is 0 Å². The van der Waals surface area contributed by atoms with Gasteiger partial charge in [-0.15, -0.1) is 11.8 Å². The smallest absolute Gasteiger partial charge is 0.252 e. The van der Waals surface area contributed by atoms with Crippen molar-refractivity contribution in [1.29, 1.82) is 0 Å². The Labute approximate surface area is 145 Å². The van der Waals surface area contributed by atoms with Crippen molar-refractivity contribution in [1.82, 2.24) is 5.32 Å². The van der Waals surface area contributed by atoms with Crippen molar-refractivity contribution in [3.8, 4) is 11.5 Å². The van der Waals surface area contributed by atoms with Crippen molar-refractivity contribution in [2.24, 2.45) is 0 Å². The molecular formula is C17H18ClNO3S. The molecule has 0 fully saturated rings. The molecule has 122 valence electrons. The predicted molar refractivity (Wildman–Crippen MR) is 94.1 cm³/mol. The third-order valence-electron chi connectivity index (χ3n) is 3.13. The summed E-state index contributed by atoms with van der Waals surface area (Å²) in [5.41, 5.74) is 0.475. The normalized spacial score (nSPS) is 10.2. The summed E-state index contributed by atoms with van der Waals surface area (Å²) >= 11 is 7.64. The summed E-state index contributed by atoms with van der Waals surface area (Å²) in [6, 6.07) is 12.7. The lowest BCUT2D eigenvalue weighted by Crippen LogP contribution is -2.28. The number of carbonyl (C=O) groups is 1. The minimum atomic E-state index is -0.204. The van der Waals surface area contributed by atoms with Crippen LogP contribution in [0.5, 0.6) is 11.5 Å². The summed E-state index contributed by atoms with van der Waals surface area (Å²) in [5.74, 6) is 1.29. The number of hydrogen-bond acceptors (Lipinski definition) is 4. The van der Waals surface area contributed by atoms with Crippen LogP contribution in [0.1, 0.15) is 10.4 Å². The third kappa shape index (κ3) is 5.08. The number of ether oxygens (including phenoxy) is 2. The van der Waals surface area contributed by atoms with Crippen molar-refractivity contribution in [2.75, 3.05) is 26.5 Å². The lowest BCUT2D eigenvalue weighted by molar-refractivity contribution is 0.0947. The van der Waals surface area contributed by atoms with Gasteiger partial charge >= 0.3 is 0 Å². The van der Waals surface area contributed by atoms with E-state index in [1.165, 1.54) is 0 Å². The molecule has 1 amide bonds. The van der Waals surface area contributed by atoms with Gasteiger partial charge < -0.3 is 14.8 Å². The monoisotopic (exact) mass is 351 g/mol. The number of halogens is 1. The molecule has 0 radical (unpaired) electrons. The lowest BCUT2D eigenvalue weighted by atomic mass is 10.2. The molecule has 0 aliphatic carbocycles. The Bertz CT molecular complexity index is 661. The molecule has 0 spiro atoms. The minimum absolute atomic E-state index is 0.204. The number of carbonyl (C=O) groups excluding carboxylic acids is 1. The van der Waals surface area contributed by atoms with Crippen molar-refractivity contribution >= 4 is 29.3 Å². The maximum absolute atomic E-state index is 12.2. The van der Waals surface area contributed by atoms with Crippen LogP contribution in [0, 0.1) is 0 Å². The number of nitrogens with one attached hydrogen (secondary N) is 1. The summed E-state index contributed by atoms with van der Waals surface area (Å²) < 4.78 is 10.6. The van der Waals surface area contributed by atoms with Crippen LogP contribution in [-0.2, 0) is 0 Å². The molecule has 0 saturated heterocycles. The largest absolute Gasteiger partial charge is 0.497 e. The van der Waals surface area contributed by atoms with Gasteiger partial charge in [0.25, 0.3) is 5.91 Å². The Morgan fingerprint density at radius 3 is 2.52 bits per heavy atom. The first-order chi connectivity index (χ1) is 11.1. The summed E-state index contributed by atoms with van der Waals surface area (Å²) in [6.45, 7) is 0.766. The number of rotatable bonds is 7. The number of benzene rings is 2. The van der Waals surface area contributed by atoms with Gasteiger partial charge in [0.15, 0.2) is 0 Å². The van der Waals surface area contributed by atoms with Crippen molar-refractivity contribution in [3.63, 3.8) is 0 Å². The van der Waals surface area contributed by atoms with Gasteiger partial charge in [-0.25, -0.2) is 0 Å². The maximum Gasteiger partial charge on any atom is 0.252 e. The van der Waals surface area contributed by atoms with Crippen LogP contribution >= 0.6 is 23.4 Å². The number of amides is 1. The Balaban J connectivity index is 1.82. The molecule has 0 atom stereocenters. The molecule has 0 aliphatic heterocycles. The van der Waals surface area contributed by atoms with Crippen LogP contribution < -0.4 is 14.8 Å². The van der Waals surface area contributed by atoms with Crippen LogP contribution in [0.4, 0.5) is 0 Å². The van der Waals surface area contributed by atoms with Gasteiger partial charge in [0.05, 0.1) is 24.2 Å². The highest BCUT2D eigenvalue weighted by Gasteiger charge is 2.10. The summed E-state index contributed by atoms with van der Waals surface area (Å²) in [7, 11) is 1.61. The highest BCUT2D eigenvalue weighted by Crippen LogP contribution is 2.23. The molecule has 0 saturated carbocycles. The van der Waals surface area contributed by atoms with Gasteiger partial charge in [0, 0.05) is 4.90 Å². The third-order valence-corrected chi connectivity index (χ3v) is 4.19. The molecular weight excluding hydrogens is 334 g/mol. The highest BCUT2D eigenvalue weighted by atomic mass is 35.5. The van der Waals surface area contributed by atoms with Gasteiger partial charge in [0.1, 0.15) is 18.1 Å². The first-order valence-corrected chi connectivity index (χ1v) is 8.63. The number of thioether (sulfide) groups is 1. The number of methoxy groups -OCH3 is 1. The second-order valence-electron chi connectivity index (χ2n) is 4.63. The molecule has 0 aliphatic rings. The van der Waals surface area contributed by atoms with Crippen molar-refractivity contribution in [2.45, 2.75) is 4.90 Å². The zero-order valence-electron chi connectivity index (χ0n) is 13.0. The van der Waals surface area contributed by atoms with E-state index in [1.54, 1.807) is 31.0 Å². The van der Waals surface area contributed by atoms with Gasteiger partial charge in [-0.3, -0.25) is 4.79 Å². The molecule has 2 aromatic rings. The van der Waals surface area contributed by atoms with Crippen LogP contribution in [-0.4, -0.2) is 32.4 Å². The Morgan fingerprint density at radius 1 is 1.17 bits per heavy atom. The van der Waals surface area contributed by atoms with E-state index in [-0.39, 0.29) is 5.91 Å². The molecule has 23 heavy (non-hydrogen) atoms. The quantitative estimate of drug-likeness (QED) is 0.607. The topological polar surface area (TPSA) is 47.6 Å². The fourth-order valence-corrected chi connectivity index (χ4v) is 2.55. The highest BCUT2D eigenvalue weighted by molar-refractivity contribution is 7.98. The predicted octanol–water partition coefficient (Wildman–Crippen LogP) is 3.88. The van der Waals surface area contributed by atoms with E-state index in [0.717, 1.165) is 16.4 Å². The zero-order chi connectivity index (χ0) is 16.7.